The fourth-order valence-electron chi connectivity index (χ4n) is 0.824. The van der Waals surface area contributed by atoms with Gasteiger partial charge in [-0.05, 0) is 24.3 Å². The summed E-state index contributed by atoms with van der Waals surface area (Å²) >= 11 is 0. The van der Waals surface area contributed by atoms with Gasteiger partial charge >= 0.3 is 0 Å². The Morgan fingerprint density at radius 3 is 2.36 bits per heavy atom. The molecule has 14 heavy (non-hydrogen) atoms. The molecule has 0 heterocycles. The van der Waals surface area contributed by atoms with Crippen LogP contribution < -0.4 is 15.2 Å². The van der Waals surface area contributed by atoms with Gasteiger partial charge in [0.15, 0.2) is 6.61 Å². The van der Waals surface area contributed by atoms with Crippen molar-refractivity contribution in [2.75, 3.05) is 6.61 Å². The highest BCUT2D eigenvalue weighted by atomic mass is 16.5. The van der Waals surface area contributed by atoms with E-state index in [0.29, 0.717) is 18.0 Å². The van der Waals surface area contributed by atoms with Crippen molar-refractivity contribution in [1.82, 2.24) is 0 Å². The highest BCUT2D eigenvalue weighted by molar-refractivity contribution is 5.75. The first-order valence-corrected chi connectivity index (χ1v) is 3.84. The number of nitrogens with two attached hydrogens (primary N) is 1. The Morgan fingerprint density at radius 2 is 1.86 bits per heavy atom. The van der Waals surface area contributed by atoms with Gasteiger partial charge in [-0.15, -0.1) is 0 Å². The summed E-state index contributed by atoms with van der Waals surface area (Å²) in [4.78, 5) is 20.3. The summed E-state index contributed by atoms with van der Waals surface area (Å²) in [5.41, 5.74) is 4.88. The summed E-state index contributed by atoms with van der Waals surface area (Å²) < 4.78 is 9.54. The minimum atomic E-state index is -0.543. The van der Waals surface area contributed by atoms with E-state index < -0.39 is 5.91 Å². The molecule has 0 bridgehead atoms. The van der Waals surface area contributed by atoms with Gasteiger partial charge in [-0.1, -0.05) is 0 Å². The van der Waals surface area contributed by atoms with E-state index in [0.717, 1.165) is 0 Å². The van der Waals surface area contributed by atoms with Crippen LogP contribution in [0.15, 0.2) is 24.3 Å². The molecule has 1 aromatic carbocycles. The van der Waals surface area contributed by atoms with E-state index in [-0.39, 0.29) is 6.61 Å². The Balaban J connectivity index is 2.54. The lowest BCUT2D eigenvalue weighted by Crippen LogP contribution is -2.19. The second-order valence-corrected chi connectivity index (χ2v) is 2.44. The van der Waals surface area contributed by atoms with Crippen molar-refractivity contribution in [2.24, 2.45) is 5.73 Å². The predicted molar refractivity (Wildman–Crippen MR) is 47.8 cm³/mol. The number of ether oxygens (including phenoxy) is 2. The Morgan fingerprint density at radius 1 is 1.29 bits per heavy atom. The average molecular weight is 195 g/mol. The number of benzene rings is 1. The Bertz CT molecular complexity index is 320. The van der Waals surface area contributed by atoms with Crippen LogP contribution in [-0.4, -0.2) is 19.0 Å². The standard InChI is InChI=1S/C9H9NO4/c10-9(12)5-13-7-1-3-8(4-2-7)14-6-11/h1-4,6H,5H2,(H2,10,12). The van der Waals surface area contributed by atoms with Gasteiger partial charge < -0.3 is 15.2 Å². The van der Waals surface area contributed by atoms with Gasteiger partial charge in [0.25, 0.3) is 12.4 Å². The molecule has 0 atom stereocenters. The molecule has 1 aromatic rings. The molecule has 1 amide bonds. The molecule has 5 heteroatoms. The van der Waals surface area contributed by atoms with Gasteiger partial charge in [0.1, 0.15) is 11.5 Å². The first kappa shape index (κ1) is 10.0. The third-order valence-corrected chi connectivity index (χ3v) is 1.39. The fourth-order valence-corrected chi connectivity index (χ4v) is 0.824. The topological polar surface area (TPSA) is 78.6 Å². The molecule has 0 aliphatic carbocycles. The minimum Gasteiger partial charge on any atom is -0.484 e. The van der Waals surface area contributed by atoms with E-state index in [9.17, 15) is 9.59 Å². The molecule has 0 unspecified atom stereocenters. The number of primary amides is 1. The van der Waals surface area contributed by atoms with Crippen LogP contribution in [0.1, 0.15) is 0 Å². The number of hydrogen-bond acceptors (Lipinski definition) is 4. The first-order chi connectivity index (χ1) is 6.72. The Labute approximate surface area is 80.4 Å². The van der Waals surface area contributed by atoms with Crippen molar-refractivity contribution in [3.63, 3.8) is 0 Å². The van der Waals surface area contributed by atoms with Crippen molar-refractivity contribution in [1.29, 1.82) is 0 Å². The fraction of sp³-hybridized carbons (Fsp3) is 0.111. The summed E-state index contributed by atoms with van der Waals surface area (Å²) in [6.07, 6.45) is 0. The molecule has 74 valence electrons. The van der Waals surface area contributed by atoms with E-state index in [4.69, 9.17) is 10.5 Å². The van der Waals surface area contributed by atoms with E-state index in [1.165, 1.54) is 0 Å². The molecule has 0 aromatic heterocycles. The summed E-state index contributed by atoms with van der Waals surface area (Å²) in [6.45, 7) is 0.160. The molecule has 0 aliphatic heterocycles. The maximum absolute atomic E-state index is 10.4. The highest BCUT2D eigenvalue weighted by Crippen LogP contribution is 2.16. The number of hydrogen-bond donors (Lipinski definition) is 1. The van der Waals surface area contributed by atoms with Gasteiger partial charge in [0.2, 0.25) is 0 Å². The minimum absolute atomic E-state index is 0.173. The quantitative estimate of drug-likeness (QED) is 0.675. The zero-order valence-corrected chi connectivity index (χ0v) is 7.30. The molecular formula is C9H9NO4. The van der Waals surface area contributed by atoms with Crippen molar-refractivity contribution in [2.45, 2.75) is 0 Å². The van der Waals surface area contributed by atoms with E-state index in [1.54, 1.807) is 24.3 Å². The van der Waals surface area contributed by atoms with Crippen LogP contribution >= 0.6 is 0 Å². The van der Waals surface area contributed by atoms with Crippen molar-refractivity contribution >= 4 is 12.4 Å². The molecule has 0 saturated carbocycles. The van der Waals surface area contributed by atoms with Crippen molar-refractivity contribution in [3.05, 3.63) is 24.3 Å². The van der Waals surface area contributed by atoms with Crippen LogP contribution in [0.3, 0.4) is 0 Å². The second kappa shape index (κ2) is 4.86. The van der Waals surface area contributed by atoms with Gasteiger partial charge in [0.05, 0.1) is 0 Å². The van der Waals surface area contributed by atoms with Crippen LogP contribution in [-0.2, 0) is 9.59 Å². The Hall–Kier alpha value is -2.04. The van der Waals surface area contributed by atoms with Crippen LogP contribution in [0.25, 0.3) is 0 Å². The summed E-state index contributed by atoms with van der Waals surface area (Å²) in [5.74, 6) is 0.353. The average Bonchev–Trinajstić information content (AvgIpc) is 2.17. The molecule has 0 aliphatic rings. The summed E-state index contributed by atoms with van der Waals surface area (Å²) in [5, 5.41) is 0. The molecule has 0 spiro atoms. The first-order valence-electron chi connectivity index (χ1n) is 3.84. The monoisotopic (exact) mass is 195 g/mol. The third kappa shape index (κ3) is 3.14. The molecule has 1 rings (SSSR count). The zero-order valence-electron chi connectivity index (χ0n) is 7.30. The lowest BCUT2D eigenvalue weighted by atomic mass is 10.3. The van der Waals surface area contributed by atoms with E-state index in [2.05, 4.69) is 4.74 Å². The summed E-state index contributed by atoms with van der Waals surface area (Å²) in [6, 6.07) is 6.24. The molecule has 0 radical (unpaired) electrons. The lowest BCUT2D eigenvalue weighted by molar-refractivity contribution is -0.121. The number of rotatable bonds is 5. The van der Waals surface area contributed by atoms with Gasteiger partial charge in [-0.2, -0.15) is 0 Å². The smallest absolute Gasteiger partial charge is 0.298 e. The largest absolute Gasteiger partial charge is 0.484 e. The van der Waals surface area contributed by atoms with Crippen molar-refractivity contribution < 1.29 is 19.1 Å². The molecule has 0 saturated heterocycles. The molecular weight excluding hydrogens is 186 g/mol. The van der Waals surface area contributed by atoms with E-state index in [1.807, 2.05) is 0 Å². The maximum atomic E-state index is 10.4. The second-order valence-electron chi connectivity index (χ2n) is 2.44. The van der Waals surface area contributed by atoms with Gasteiger partial charge in [0, 0.05) is 0 Å². The third-order valence-electron chi connectivity index (χ3n) is 1.39. The van der Waals surface area contributed by atoms with Crippen LogP contribution in [0.4, 0.5) is 0 Å². The molecule has 0 fully saturated rings. The maximum Gasteiger partial charge on any atom is 0.298 e. The lowest BCUT2D eigenvalue weighted by Gasteiger charge is -2.03. The SMILES string of the molecule is NC(=O)COc1ccc(OC=O)cc1. The van der Waals surface area contributed by atoms with Crippen LogP contribution in [0.2, 0.25) is 0 Å². The predicted octanol–water partition coefficient (Wildman–Crippen LogP) is 0.0859. The number of carbonyl (C=O) groups excluding carboxylic acids is 2. The van der Waals surface area contributed by atoms with Gasteiger partial charge in [-0.3, -0.25) is 9.59 Å². The highest BCUT2D eigenvalue weighted by Gasteiger charge is 1.97. The van der Waals surface area contributed by atoms with E-state index >= 15 is 0 Å². The number of amides is 1. The normalized spacial score (nSPS) is 9.14. The van der Waals surface area contributed by atoms with Crippen LogP contribution in [0, 0.1) is 0 Å². The van der Waals surface area contributed by atoms with Crippen LogP contribution in [0.5, 0.6) is 11.5 Å². The Kier molecular flexibility index (Phi) is 3.49. The molecule has 2 N–H and O–H groups in total. The van der Waals surface area contributed by atoms with Gasteiger partial charge in [-0.25, -0.2) is 0 Å². The summed E-state index contributed by atoms with van der Waals surface area (Å²) in [7, 11) is 0. The van der Waals surface area contributed by atoms with Crippen molar-refractivity contribution in [3.8, 4) is 11.5 Å². The zero-order chi connectivity index (χ0) is 10.4. The molecule has 5 nitrogen and oxygen atoms in total. The number of carbonyl (C=O) groups is 2.